The number of amides is 1. The van der Waals surface area contributed by atoms with Crippen molar-refractivity contribution in [1.29, 1.82) is 0 Å². The summed E-state index contributed by atoms with van der Waals surface area (Å²) in [5.41, 5.74) is 0.334. The largest absolute Gasteiger partial charge is 0.493 e. The molecule has 0 saturated carbocycles. The van der Waals surface area contributed by atoms with Gasteiger partial charge in [-0.2, -0.15) is 0 Å². The number of hydrogen-bond acceptors (Lipinski definition) is 10. The molecule has 1 aromatic heterocycles. The third-order valence-corrected chi connectivity index (χ3v) is 5.63. The number of halogens is 1. The fourth-order valence-corrected chi connectivity index (χ4v) is 4.07. The van der Waals surface area contributed by atoms with Crippen LogP contribution in [-0.2, 0) is 19.0 Å². The highest BCUT2D eigenvalue weighted by atomic mass is 35.5. The molecule has 2 aromatic rings. The van der Waals surface area contributed by atoms with Crippen molar-refractivity contribution in [2.75, 3.05) is 40.4 Å². The number of carbonyl (C=O) groups excluding carboxylic acids is 4. The molecule has 10 nitrogen and oxygen atoms in total. The van der Waals surface area contributed by atoms with Gasteiger partial charge in [-0.3, -0.25) is 4.79 Å². The van der Waals surface area contributed by atoms with Crippen molar-refractivity contribution >= 4 is 51.8 Å². The van der Waals surface area contributed by atoms with Crippen molar-refractivity contribution < 1.29 is 42.9 Å². The van der Waals surface area contributed by atoms with E-state index in [0.29, 0.717) is 5.56 Å². The van der Waals surface area contributed by atoms with E-state index in [2.05, 4.69) is 10.1 Å². The Labute approximate surface area is 192 Å². The van der Waals surface area contributed by atoms with Crippen LogP contribution in [0, 0.1) is 6.92 Å². The van der Waals surface area contributed by atoms with Crippen LogP contribution in [0.5, 0.6) is 11.5 Å². The number of hydrogen-bond donors (Lipinski definition) is 1. The summed E-state index contributed by atoms with van der Waals surface area (Å²) in [7, 11) is 5.13. The molecule has 1 heterocycles. The molecule has 0 spiro atoms. The smallest absolute Gasteiger partial charge is 0.348 e. The second-order valence-corrected chi connectivity index (χ2v) is 7.49. The Balaban J connectivity index is 2.17. The van der Waals surface area contributed by atoms with Gasteiger partial charge >= 0.3 is 17.9 Å². The summed E-state index contributed by atoms with van der Waals surface area (Å²) >= 11 is 6.91. The highest BCUT2D eigenvalue weighted by Gasteiger charge is 2.27. The number of thiophene rings is 1. The van der Waals surface area contributed by atoms with Crippen molar-refractivity contribution in [2.24, 2.45) is 0 Å². The van der Waals surface area contributed by atoms with Crippen molar-refractivity contribution in [2.45, 2.75) is 6.92 Å². The summed E-state index contributed by atoms with van der Waals surface area (Å²) < 4.78 is 24.6. The van der Waals surface area contributed by atoms with E-state index >= 15 is 0 Å². The molecule has 0 unspecified atom stereocenters. The molecular weight excluding hydrogens is 466 g/mol. The van der Waals surface area contributed by atoms with Gasteiger partial charge in [0.2, 0.25) is 0 Å². The maximum atomic E-state index is 12.3. The van der Waals surface area contributed by atoms with Crippen LogP contribution in [-0.4, -0.2) is 58.9 Å². The maximum Gasteiger partial charge on any atom is 0.348 e. The van der Waals surface area contributed by atoms with Gasteiger partial charge in [0.25, 0.3) is 5.91 Å². The van der Waals surface area contributed by atoms with Crippen LogP contribution in [0.1, 0.15) is 36.0 Å². The van der Waals surface area contributed by atoms with Crippen molar-refractivity contribution in [3.05, 3.63) is 38.7 Å². The SMILES string of the molecule is COC(=O)c1sc(NC(=O)COC(=O)c2cc(Cl)c(OC)c(OC)c2)c(C(=O)OC)c1C. The second-order valence-electron chi connectivity index (χ2n) is 6.06. The van der Waals surface area contributed by atoms with Crippen LogP contribution >= 0.6 is 22.9 Å². The predicted octanol–water partition coefficient (Wildman–Crippen LogP) is 3.10. The number of carbonyl (C=O) groups is 4. The minimum atomic E-state index is -0.839. The molecular formula is C20H20ClNO9S. The lowest BCUT2D eigenvalue weighted by atomic mass is 10.1. The van der Waals surface area contributed by atoms with E-state index in [-0.39, 0.29) is 37.5 Å². The zero-order chi connectivity index (χ0) is 24.0. The molecule has 1 N–H and O–H groups in total. The summed E-state index contributed by atoms with van der Waals surface area (Å²) in [5, 5.41) is 2.63. The molecule has 0 aliphatic carbocycles. The first-order valence-corrected chi connectivity index (χ1v) is 10.1. The van der Waals surface area contributed by atoms with E-state index in [9.17, 15) is 19.2 Å². The standard InChI is InChI=1S/C20H20ClNO9S/c1-9-14(19(25)29-4)17(32-16(9)20(26)30-5)22-13(23)8-31-18(24)10-6-11(21)15(28-3)12(7-10)27-2/h6-7H,8H2,1-5H3,(H,22,23). The maximum absolute atomic E-state index is 12.3. The molecule has 0 saturated heterocycles. The number of benzene rings is 1. The van der Waals surface area contributed by atoms with Crippen molar-refractivity contribution in [3.63, 3.8) is 0 Å². The van der Waals surface area contributed by atoms with Gasteiger partial charge in [-0.15, -0.1) is 11.3 Å². The minimum absolute atomic E-state index is 0.00393. The monoisotopic (exact) mass is 485 g/mol. The number of esters is 3. The molecule has 0 fully saturated rings. The normalized spacial score (nSPS) is 10.2. The molecule has 0 atom stereocenters. The average molecular weight is 486 g/mol. The molecule has 1 amide bonds. The molecule has 0 aliphatic rings. The van der Waals surface area contributed by atoms with Gasteiger partial charge in [0, 0.05) is 0 Å². The predicted molar refractivity (Wildman–Crippen MR) is 115 cm³/mol. The lowest BCUT2D eigenvalue weighted by molar-refractivity contribution is -0.119. The molecule has 2 rings (SSSR count). The van der Waals surface area contributed by atoms with Gasteiger partial charge in [-0.1, -0.05) is 11.6 Å². The number of ether oxygens (including phenoxy) is 5. The van der Waals surface area contributed by atoms with Crippen molar-refractivity contribution in [1.82, 2.24) is 0 Å². The van der Waals surface area contributed by atoms with Crippen LogP contribution in [0.4, 0.5) is 5.00 Å². The van der Waals surface area contributed by atoms with E-state index in [1.807, 2.05) is 0 Å². The summed E-state index contributed by atoms with van der Waals surface area (Å²) in [4.78, 5) is 48.8. The summed E-state index contributed by atoms with van der Waals surface area (Å²) in [6.45, 7) is 0.849. The first-order valence-electron chi connectivity index (χ1n) is 8.86. The fraction of sp³-hybridized carbons (Fsp3) is 0.300. The van der Waals surface area contributed by atoms with E-state index in [4.69, 9.17) is 30.5 Å². The Kier molecular flexibility index (Phi) is 8.44. The van der Waals surface area contributed by atoms with Gasteiger partial charge < -0.3 is 29.0 Å². The number of rotatable bonds is 8. The van der Waals surface area contributed by atoms with Crippen LogP contribution in [0.25, 0.3) is 0 Å². The van der Waals surface area contributed by atoms with E-state index in [0.717, 1.165) is 11.3 Å². The Morgan fingerprint density at radius 1 is 0.969 bits per heavy atom. The first-order chi connectivity index (χ1) is 15.2. The Bertz CT molecular complexity index is 1060. The quantitative estimate of drug-likeness (QED) is 0.443. The van der Waals surface area contributed by atoms with Gasteiger partial charge in [0.05, 0.1) is 44.6 Å². The Morgan fingerprint density at radius 2 is 1.62 bits per heavy atom. The molecule has 1 aromatic carbocycles. The number of anilines is 1. The highest BCUT2D eigenvalue weighted by Crippen LogP contribution is 2.36. The van der Waals surface area contributed by atoms with Crippen LogP contribution in [0.15, 0.2) is 12.1 Å². The second kappa shape index (κ2) is 10.8. The van der Waals surface area contributed by atoms with Crippen LogP contribution in [0.2, 0.25) is 5.02 Å². The summed E-state index contributed by atoms with van der Waals surface area (Å²) in [6.07, 6.45) is 0. The van der Waals surface area contributed by atoms with Crippen LogP contribution in [0.3, 0.4) is 0 Å². The van der Waals surface area contributed by atoms with Gasteiger partial charge in [-0.25, -0.2) is 14.4 Å². The van der Waals surface area contributed by atoms with Gasteiger partial charge in [-0.05, 0) is 24.6 Å². The average Bonchev–Trinajstić information content (AvgIpc) is 3.11. The van der Waals surface area contributed by atoms with E-state index < -0.39 is 30.4 Å². The zero-order valence-corrected chi connectivity index (χ0v) is 19.4. The molecule has 0 aliphatic heterocycles. The van der Waals surface area contributed by atoms with Gasteiger partial charge in [0.15, 0.2) is 18.1 Å². The van der Waals surface area contributed by atoms with E-state index in [1.54, 1.807) is 0 Å². The van der Waals surface area contributed by atoms with Crippen molar-refractivity contribution in [3.8, 4) is 11.5 Å². The first kappa shape index (κ1) is 25.0. The fourth-order valence-electron chi connectivity index (χ4n) is 2.65. The summed E-state index contributed by atoms with van der Waals surface area (Å²) in [5.74, 6) is -2.55. The number of nitrogens with one attached hydrogen (secondary N) is 1. The topological polar surface area (TPSA) is 126 Å². The molecule has 0 radical (unpaired) electrons. The lowest BCUT2D eigenvalue weighted by Gasteiger charge is -2.11. The zero-order valence-electron chi connectivity index (χ0n) is 17.8. The molecule has 12 heteroatoms. The minimum Gasteiger partial charge on any atom is -0.493 e. The third-order valence-electron chi connectivity index (χ3n) is 4.16. The lowest BCUT2D eigenvalue weighted by Crippen LogP contribution is -2.21. The number of methoxy groups -OCH3 is 4. The Hall–Kier alpha value is -3.31. The Morgan fingerprint density at radius 3 is 2.19 bits per heavy atom. The highest BCUT2D eigenvalue weighted by molar-refractivity contribution is 7.18. The van der Waals surface area contributed by atoms with E-state index in [1.165, 1.54) is 47.5 Å². The molecule has 172 valence electrons. The third kappa shape index (κ3) is 5.29. The van der Waals surface area contributed by atoms with Gasteiger partial charge in [0.1, 0.15) is 9.88 Å². The van der Waals surface area contributed by atoms with Crippen LogP contribution < -0.4 is 14.8 Å². The summed E-state index contributed by atoms with van der Waals surface area (Å²) in [6, 6.07) is 2.66. The molecule has 0 bridgehead atoms. The molecule has 32 heavy (non-hydrogen) atoms.